The minimum absolute atomic E-state index is 0.638. The number of hydrogen-bond acceptors (Lipinski definition) is 4. The number of nitriles is 1. The Morgan fingerprint density at radius 2 is 2.12 bits per heavy atom. The van der Waals surface area contributed by atoms with Crippen LogP contribution in [0.4, 0.5) is 0 Å². The molecule has 1 aromatic carbocycles. The molecule has 5 heteroatoms. The Bertz CT molecular complexity index is 506. The van der Waals surface area contributed by atoms with Crippen molar-refractivity contribution >= 4 is 0 Å². The Hall–Kier alpha value is -2.19. The topological polar surface area (TPSA) is 66.5 Å². The SMILES string of the molecule is CNCc1ncnn1-c1ccc(C#N)cc1. The van der Waals surface area contributed by atoms with Gasteiger partial charge in [-0.3, -0.25) is 0 Å². The van der Waals surface area contributed by atoms with E-state index in [-0.39, 0.29) is 0 Å². The monoisotopic (exact) mass is 213 g/mol. The van der Waals surface area contributed by atoms with Crippen LogP contribution in [0.3, 0.4) is 0 Å². The first-order valence-electron chi connectivity index (χ1n) is 4.89. The van der Waals surface area contributed by atoms with Gasteiger partial charge in [-0.05, 0) is 31.3 Å². The van der Waals surface area contributed by atoms with Gasteiger partial charge in [-0.25, -0.2) is 9.67 Å². The summed E-state index contributed by atoms with van der Waals surface area (Å²) >= 11 is 0. The maximum atomic E-state index is 8.70. The fourth-order valence-electron chi connectivity index (χ4n) is 1.44. The van der Waals surface area contributed by atoms with E-state index in [0.717, 1.165) is 11.5 Å². The van der Waals surface area contributed by atoms with E-state index in [1.54, 1.807) is 16.8 Å². The van der Waals surface area contributed by atoms with Gasteiger partial charge in [0.1, 0.15) is 12.2 Å². The first kappa shape index (κ1) is 10.3. The van der Waals surface area contributed by atoms with Crippen LogP contribution in [0, 0.1) is 11.3 Å². The number of rotatable bonds is 3. The molecular formula is C11H11N5. The van der Waals surface area contributed by atoms with E-state index in [0.29, 0.717) is 12.1 Å². The second kappa shape index (κ2) is 4.55. The Balaban J connectivity index is 2.35. The molecule has 0 aliphatic rings. The van der Waals surface area contributed by atoms with E-state index < -0.39 is 0 Å². The van der Waals surface area contributed by atoms with Crippen LogP contribution in [0.15, 0.2) is 30.6 Å². The molecule has 0 atom stereocenters. The fourth-order valence-corrected chi connectivity index (χ4v) is 1.44. The molecule has 80 valence electrons. The van der Waals surface area contributed by atoms with Crippen molar-refractivity contribution in [1.29, 1.82) is 5.26 Å². The van der Waals surface area contributed by atoms with Crippen LogP contribution in [0.2, 0.25) is 0 Å². The van der Waals surface area contributed by atoms with Crippen LogP contribution < -0.4 is 5.32 Å². The Labute approximate surface area is 93.4 Å². The zero-order valence-electron chi connectivity index (χ0n) is 8.88. The second-order valence-corrected chi connectivity index (χ2v) is 3.28. The van der Waals surface area contributed by atoms with Crippen molar-refractivity contribution in [3.63, 3.8) is 0 Å². The highest BCUT2D eigenvalue weighted by atomic mass is 15.3. The Morgan fingerprint density at radius 3 is 2.75 bits per heavy atom. The fraction of sp³-hybridized carbons (Fsp3) is 0.182. The summed E-state index contributed by atoms with van der Waals surface area (Å²) in [5, 5.41) is 15.9. The zero-order chi connectivity index (χ0) is 11.4. The highest BCUT2D eigenvalue weighted by Gasteiger charge is 2.04. The molecule has 16 heavy (non-hydrogen) atoms. The van der Waals surface area contributed by atoms with E-state index in [2.05, 4.69) is 21.5 Å². The molecule has 0 fully saturated rings. The van der Waals surface area contributed by atoms with Gasteiger partial charge in [0, 0.05) is 0 Å². The molecule has 0 spiro atoms. The normalized spacial score (nSPS) is 10.0. The second-order valence-electron chi connectivity index (χ2n) is 3.28. The zero-order valence-corrected chi connectivity index (χ0v) is 8.88. The Morgan fingerprint density at radius 1 is 1.38 bits per heavy atom. The van der Waals surface area contributed by atoms with Gasteiger partial charge in [0.05, 0.1) is 23.9 Å². The lowest BCUT2D eigenvalue weighted by Crippen LogP contribution is -2.12. The summed E-state index contributed by atoms with van der Waals surface area (Å²) in [4.78, 5) is 4.15. The quantitative estimate of drug-likeness (QED) is 0.821. The van der Waals surface area contributed by atoms with Crippen molar-refractivity contribution in [2.45, 2.75) is 6.54 Å². The van der Waals surface area contributed by atoms with Crippen molar-refractivity contribution in [2.24, 2.45) is 0 Å². The van der Waals surface area contributed by atoms with Gasteiger partial charge in [0.15, 0.2) is 0 Å². The van der Waals surface area contributed by atoms with Crippen LogP contribution >= 0.6 is 0 Å². The summed E-state index contributed by atoms with van der Waals surface area (Å²) in [6, 6.07) is 9.32. The smallest absolute Gasteiger partial charge is 0.146 e. The molecule has 0 bridgehead atoms. The number of nitrogens with zero attached hydrogens (tertiary/aromatic N) is 4. The first-order valence-corrected chi connectivity index (χ1v) is 4.89. The van der Waals surface area contributed by atoms with Crippen molar-refractivity contribution in [1.82, 2.24) is 20.1 Å². The van der Waals surface area contributed by atoms with Gasteiger partial charge in [0.25, 0.3) is 0 Å². The van der Waals surface area contributed by atoms with Gasteiger partial charge >= 0.3 is 0 Å². The molecule has 0 aliphatic heterocycles. The van der Waals surface area contributed by atoms with Gasteiger partial charge < -0.3 is 5.32 Å². The third-order valence-electron chi connectivity index (χ3n) is 2.19. The Kier molecular flexibility index (Phi) is 2.94. The van der Waals surface area contributed by atoms with E-state index in [1.165, 1.54) is 6.33 Å². The van der Waals surface area contributed by atoms with Crippen LogP contribution in [0.1, 0.15) is 11.4 Å². The summed E-state index contributed by atoms with van der Waals surface area (Å²) < 4.78 is 1.75. The molecule has 0 saturated carbocycles. The molecule has 0 aliphatic carbocycles. The highest BCUT2D eigenvalue weighted by Crippen LogP contribution is 2.09. The standard InChI is InChI=1S/C11H11N5/c1-13-7-11-14-8-15-16(11)10-4-2-9(6-12)3-5-10/h2-5,8,13H,7H2,1H3. The lowest BCUT2D eigenvalue weighted by atomic mass is 10.2. The van der Waals surface area contributed by atoms with Gasteiger partial charge in [-0.1, -0.05) is 0 Å². The van der Waals surface area contributed by atoms with Crippen LogP contribution in [-0.4, -0.2) is 21.8 Å². The molecule has 1 N–H and O–H groups in total. The lowest BCUT2D eigenvalue weighted by molar-refractivity contribution is 0.712. The van der Waals surface area contributed by atoms with Crippen molar-refractivity contribution in [2.75, 3.05) is 7.05 Å². The van der Waals surface area contributed by atoms with E-state index in [9.17, 15) is 0 Å². The maximum Gasteiger partial charge on any atom is 0.146 e. The van der Waals surface area contributed by atoms with Crippen molar-refractivity contribution in [3.8, 4) is 11.8 Å². The largest absolute Gasteiger partial charge is 0.313 e. The minimum atomic E-state index is 0.638. The summed E-state index contributed by atoms with van der Waals surface area (Å²) in [6.45, 7) is 0.653. The average molecular weight is 213 g/mol. The van der Waals surface area contributed by atoms with Gasteiger partial charge in [-0.15, -0.1) is 0 Å². The van der Waals surface area contributed by atoms with Gasteiger partial charge in [-0.2, -0.15) is 10.4 Å². The molecular weight excluding hydrogens is 202 g/mol. The molecule has 2 rings (SSSR count). The molecule has 0 saturated heterocycles. The lowest BCUT2D eigenvalue weighted by Gasteiger charge is -2.05. The summed E-state index contributed by atoms with van der Waals surface area (Å²) in [6.07, 6.45) is 1.52. The maximum absolute atomic E-state index is 8.70. The summed E-state index contributed by atoms with van der Waals surface area (Å²) in [7, 11) is 1.86. The molecule has 0 unspecified atom stereocenters. The number of benzene rings is 1. The predicted molar refractivity (Wildman–Crippen MR) is 58.8 cm³/mol. The van der Waals surface area contributed by atoms with E-state index >= 15 is 0 Å². The number of hydrogen-bond donors (Lipinski definition) is 1. The minimum Gasteiger partial charge on any atom is -0.313 e. The third kappa shape index (κ3) is 1.92. The molecule has 0 radical (unpaired) electrons. The third-order valence-corrected chi connectivity index (χ3v) is 2.19. The summed E-state index contributed by atoms with van der Waals surface area (Å²) in [5.41, 5.74) is 1.54. The van der Waals surface area contributed by atoms with E-state index in [1.807, 2.05) is 19.2 Å². The van der Waals surface area contributed by atoms with Crippen molar-refractivity contribution < 1.29 is 0 Å². The molecule has 5 nitrogen and oxygen atoms in total. The van der Waals surface area contributed by atoms with Crippen LogP contribution in [0.25, 0.3) is 5.69 Å². The van der Waals surface area contributed by atoms with E-state index in [4.69, 9.17) is 5.26 Å². The molecule has 0 amide bonds. The first-order chi connectivity index (χ1) is 7.85. The predicted octanol–water partition coefficient (Wildman–Crippen LogP) is 0.858. The van der Waals surface area contributed by atoms with Crippen LogP contribution in [-0.2, 0) is 6.54 Å². The average Bonchev–Trinajstić information content (AvgIpc) is 2.78. The number of nitrogens with one attached hydrogen (secondary N) is 1. The van der Waals surface area contributed by atoms with Crippen LogP contribution in [0.5, 0.6) is 0 Å². The highest BCUT2D eigenvalue weighted by molar-refractivity contribution is 5.39. The molecule has 1 aromatic heterocycles. The summed E-state index contributed by atoms with van der Waals surface area (Å²) in [5.74, 6) is 0.840. The molecule has 2 aromatic rings. The number of aromatic nitrogens is 3. The van der Waals surface area contributed by atoms with Crippen molar-refractivity contribution in [3.05, 3.63) is 42.0 Å². The molecule has 1 heterocycles. The van der Waals surface area contributed by atoms with Gasteiger partial charge in [0.2, 0.25) is 0 Å².